The molecule has 1 aromatic carbocycles. The molecule has 114 valence electrons. The topological polar surface area (TPSA) is 48.1 Å². The van der Waals surface area contributed by atoms with Gasteiger partial charge in [-0.25, -0.2) is 4.79 Å². The van der Waals surface area contributed by atoms with Crippen molar-refractivity contribution < 1.29 is 19.0 Å². The van der Waals surface area contributed by atoms with Crippen LogP contribution in [0.15, 0.2) is 24.3 Å². The Morgan fingerprint density at radius 3 is 2.95 bits per heavy atom. The Morgan fingerprint density at radius 2 is 2.29 bits per heavy atom. The van der Waals surface area contributed by atoms with Crippen molar-refractivity contribution in [1.82, 2.24) is 0 Å². The van der Waals surface area contributed by atoms with Crippen molar-refractivity contribution in [2.45, 2.75) is 33.0 Å². The molecule has 1 aliphatic rings. The van der Waals surface area contributed by atoms with Gasteiger partial charge in [-0.2, -0.15) is 0 Å². The van der Waals surface area contributed by atoms with Crippen LogP contribution in [0.4, 0.5) is 0 Å². The number of ether oxygens (including phenoxy) is 3. The van der Waals surface area contributed by atoms with Gasteiger partial charge in [-0.3, -0.25) is 0 Å². The van der Waals surface area contributed by atoms with E-state index in [1.807, 2.05) is 32.0 Å². The number of rotatable bonds is 7. The van der Waals surface area contributed by atoms with Gasteiger partial charge in [0.15, 0.2) is 0 Å². The molecule has 2 unspecified atom stereocenters. The maximum Gasteiger partial charge on any atom is 0.330 e. The van der Waals surface area contributed by atoms with Crippen molar-refractivity contribution in [3.63, 3.8) is 0 Å². The van der Waals surface area contributed by atoms with Crippen LogP contribution >= 0.6 is 0 Å². The summed E-state index contributed by atoms with van der Waals surface area (Å²) in [5, 5.41) is 0. The van der Waals surface area contributed by atoms with Crippen LogP contribution in [-0.2, 0) is 19.0 Å². The Bertz CT molecular complexity index is 518. The predicted octanol–water partition coefficient (Wildman–Crippen LogP) is 3.05. The SMILES string of the molecule is CCOC(=O)/C=C/c1cccc(C)c1C(C)OCC1CO1. The van der Waals surface area contributed by atoms with E-state index in [2.05, 4.69) is 0 Å². The number of esters is 1. The highest BCUT2D eigenvalue weighted by atomic mass is 16.6. The van der Waals surface area contributed by atoms with Gasteiger partial charge in [-0.05, 0) is 43.5 Å². The van der Waals surface area contributed by atoms with Crippen LogP contribution in [0.1, 0.15) is 36.6 Å². The summed E-state index contributed by atoms with van der Waals surface area (Å²) in [6, 6.07) is 6.00. The average molecular weight is 290 g/mol. The first-order chi connectivity index (χ1) is 10.1. The second-order valence-corrected chi connectivity index (χ2v) is 5.09. The molecule has 1 heterocycles. The van der Waals surface area contributed by atoms with Crippen molar-refractivity contribution in [3.8, 4) is 0 Å². The summed E-state index contributed by atoms with van der Waals surface area (Å²) in [5.41, 5.74) is 3.22. The fourth-order valence-electron chi connectivity index (χ4n) is 2.25. The van der Waals surface area contributed by atoms with Crippen LogP contribution < -0.4 is 0 Å². The molecule has 0 N–H and O–H groups in total. The van der Waals surface area contributed by atoms with Gasteiger partial charge in [0.1, 0.15) is 6.10 Å². The zero-order valence-electron chi connectivity index (χ0n) is 12.8. The van der Waals surface area contributed by atoms with Gasteiger partial charge in [0.05, 0.1) is 25.9 Å². The molecule has 0 aromatic heterocycles. The third-order valence-corrected chi connectivity index (χ3v) is 3.38. The summed E-state index contributed by atoms with van der Waals surface area (Å²) in [7, 11) is 0. The van der Waals surface area contributed by atoms with Gasteiger partial charge in [0.2, 0.25) is 0 Å². The highest BCUT2D eigenvalue weighted by Gasteiger charge is 2.24. The molecule has 21 heavy (non-hydrogen) atoms. The molecule has 1 fully saturated rings. The van der Waals surface area contributed by atoms with Gasteiger partial charge in [-0.15, -0.1) is 0 Å². The third kappa shape index (κ3) is 4.69. The first-order valence-corrected chi connectivity index (χ1v) is 7.29. The number of benzene rings is 1. The van der Waals surface area contributed by atoms with E-state index >= 15 is 0 Å². The summed E-state index contributed by atoms with van der Waals surface area (Å²) in [4.78, 5) is 11.4. The Labute approximate surface area is 125 Å². The molecule has 0 bridgehead atoms. The summed E-state index contributed by atoms with van der Waals surface area (Å²) in [6.07, 6.45) is 3.44. The van der Waals surface area contributed by atoms with E-state index in [-0.39, 0.29) is 18.2 Å². The quantitative estimate of drug-likeness (QED) is 0.440. The average Bonchev–Trinajstić information content (AvgIpc) is 3.27. The van der Waals surface area contributed by atoms with Crippen LogP contribution in [0.3, 0.4) is 0 Å². The van der Waals surface area contributed by atoms with Crippen molar-refractivity contribution in [3.05, 3.63) is 41.0 Å². The lowest BCUT2D eigenvalue weighted by Gasteiger charge is -2.18. The van der Waals surface area contributed by atoms with Crippen LogP contribution in [0, 0.1) is 6.92 Å². The Kier molecular flexibility index (Phi) is 5.53. The maximum atomic E-state index is 11.4. The zero-order chi connectivity index (χ0) is 15.2. The molecular formula is C17H22O4. The molecule has 1 saturated heterocycles. The number of carbonyl (C=O) groups is 1. The van der Waals surface area contributed by atoms with E-state index in [1.165, 1.54) is 6.08 Å². The number of aryl methyl sites for hydroxylation is 1. The fourth-order valence-corrected chi connectivity index (χ4v) is 2.25. The monoisotopic (exact) mass is 290 g/mol. The zero-order valence-corrected chi connectivity index (χ0v) is 12.8. The van der Waals surface area contributed by atoms with Crippen molar-refractivity contribution in [2.24, 2.45) is 0 Å². The predicted molar refractivity (Wildman–Crippen MR) is 81.0 cm³/mol. The smallest absolute Gasteiger partial charge is 0.330 e. The minimum atomic E-state index is -0.329. The lowest BCUT2D eigenvalue weighted by atomic mass is 9.97. The molecule has 0 saturated carbocycles. The van der Waals surface area contributed by atoms with Crippen LogP contribution in [-0.4, -0.2) is 31.9 Å². The van der Waals surface area contributed by atoms with E-state index in [0.717, 1.165) is 23.3 Å². The van der Waals surface area contributed by atoms with Gasteiger partial charge in [0, 0.05) is 6.08 Å². The summed E-state index contributed by atoms with van der Waals surface area (Å²) >= 11 is 0. The molecule has 1 aliphatic heterocycles. The molecule has 0 aliphatic carbocycles. The molecule has 1 aromatic rings. The maximum absolute atomic E-state index is 11.4. The van der Waals surface area contributed by atoms with E-state index < -0.39 is 0 Å². The van der Waals surface area contributed by atoms with Gasteiger partial charge in [-0.1, -0.05) is 18.2 Å². The number of epoxide rings is 1. The van der Waals surface area contributed by atoms with Crippen molar-refractivity contribution >= 4 is 12.0 Å². The molecule has 4 heteroatoms. The van der Waals surface area contributed by atoms with Crippen LogP contribution in [0.5, 0.6) is 0 Å². The van der Waals surface area contributed by atoms with Crippen molar-refractivity contribution in [2.75, 3.05) is 19.8 Å². The molecule has 4 nitrogen and oxygen atoms in total. The Morgan fingerprint density at radius 1 is 1.52 bits per heavy atom. The Hall–Kier alpha value is -1.65. The third-order valence-electron chi connectivity index (χ3n) is 3.38. The summed E-state index contributed by atoms with van der Waals surface area (Å²) < 4.78 is 15.9. The number of carbonyl (C=O) groups excluding carboxylic acids is 1. The normalized spacial score (nSPS) is 18.7. The second kappa shape index (κ2) is 7.38. The molecule has 2 atom stereocenters. The molecule has 0 amide bonds. The molecule has 0 radical (unpaired) electrons. The lowest BCUT2D eigenvalue weighted by molar-refractivity contribution is -0.137. The van der Waals surface area contributed by atoms with Gasteiger partial charge >= 0.3 is 5.97 Å². The molecular weight excluding hydrogens is 268 g/mol. The van der Waals surface area contributed by atoms with Crippen LogP contribution in [0.2, 0.25) is 0 Å². The summed E-state index contributed by atoms with van der Waals surface area (Å²) in [6.45, 7) is 7.63. The molecule has 2 rings (SSSR count). The van der Waals surface area contributed by atoms with Gasteiger partial charge < -0.3 is 14.2 Å². The summed E-state index contributed by atoms with van der Waals surface area (Å²) in [5.74, 6) is -0.329. The second-order valence-electron chi connectivity index (χ2n) is 5.09. The lowest BCUT2D eigenvalue weighted by Crippen LogP contribution is -2.09. The standard InChI is InChI=1S/C17H22O4/c1-4-19-16(18)9-8-14-7-5-6-12(2)17(14)13(3)20-10-15-11-21-15/h5-9,13,15H,4,10-11H2,1-3H3/b9-8+. The minimum Gasteiger partial charge on any atom is -0.463 e. The number of hydrogen-bond donors (Lipinski definition) is 0. The minimum absolute atomic E-state index is 0.0442. The van der Waals surface area contributed by atoms with Crippen LogP contribution in [0.25, 0.3) is 6.08 Å². The van der Waals surface area contributed by atoms with Gasteiger partial charge in [0.25, 0.3) is 0 Å². The number of hydrogen-bond acceptors (Lipinski definition) is 4. The van der Waals surface area contributed by atoms with Crippen molar-refractivity contribution in [1.29, 1.82) is 0 Å². The van der Waals surface area contributed by atoms with E-state index in [0.29, 0.717) is 13.2 Å². The van der Waals surface area contributed by atoms with E-state index in [1.54, 1.807) is 13.0 Å². The first kappa shape index (κ1) is 15.7. The highest BCUT2D eigenvalue weighted by molar-refractivity contribution is 5.87. The first-order valence-electron chi connectivity index (χ1n) is 7.29. The largest absolute Gasteiger partial charge is 0.463 e. The Balaban J connectivity index is 2.12. The molecule has 0 spiro atoms. The fraction of sp³-hybridized carbons (Fsp3) is 0.471. The van der Waals surface area contributed by atoms with E-state index in [9.17, 15) is 4.79 Å². The van der Waals surface area contributed by atoms with E-state index in [4.69, 9.17) is 14.2 Å². The highest BCUT2D eigenvalue weighted by Crippen LogP contribution is 2.27.